The summed E-state index contributed by atoms with van der Waals surface area (Å²) in [6.45, 7) is 4.85. The predicted molar refractivity (Wildman–Crippen MR) is 81.9 cm³/mol. The summed E-state index contributed by atoms with van der Waals surface area (Å²) < 4.78 is 0. The molecule has 1 atom stereocenters. The van der Waals surface area contributed by atoms with Gasteiger partial charge in [-0.25, -0.2) is 0 Å². The van der Waals surface area contributed by atoms with E-state index in [4.69, 9.17) is 0 Å². The minimum absolute atomic E-state index is 0. The molecule has 1 aliphatic rings. The van der Waals surface area contributed by atoms with Gasteiger partial charge >= 0.3 is 0 Å². The van der Waals surface area contributed by atoms with Crippen LogP contribution in [0.5, 0.6) is 0 Å². The van der Waals surface area contributed by atoms with E-state index in [0.717, 1.165) is 17.9 Å². The quantitative estimate of drug-likeness (QED) is 0.302. The van der Waals surface area contributed by atoms with E-state index in [1.54, 1.807) is 24.9 Å². The molecule has 1 rings (SSSR count). The van der Waals surface area contributed by atoms with Crippen molar-refractivity contribution in [3.05, 3.63) is 12.7 Å². The highest BCUT2D eigenvalue weighted by Gasteiger charge is 2.31. The Morgan fingerprint density at radius 3 is 2.88 bits per heavy atom. The SMILES string of the molecule is C=CCNC(=NC)NCC1(O)CCSC1.I. The van der Waals surface area contributed by atoms with Crippen LogP contribution in [0.15, 0.2) is 17.6 Å². The Hall–Kier alpha value is 0.0500. The van der Waals surface area contributed by atoms with Crippen LogP contribution in [0.1, 0.15) is 6.42 Å². The highest BCUT2D eigenvalue weighted by molar-refractivity contribution is 14.0. The molecule has 16 heavy (non-hydrogen) atoms. The molecule has 1 unspecified atom stereocenters. The third-order valence-electron chi connectivity index (χ3n) is 2.30. The lowest BCUT2D eigenvalue weighted by atomic mass is 10.0. The summed E-state index contributed by atoms with van der Waals surface area (Å²) in [7, 11) is 1.71. The summed E-state index contributed by atoms with van der Waals surface area (Å²) in [6, 6.07) is 0. The second-order valence-electron chi connectivity index (χ2n) is 3.62. The smallest absolute Gasteiger partial charge is 0.191 e. The van der Waals surface area contributed by atoms with Crippen molar-refractivity contribution in [1.29, 1.82) is 0 Å². The number of guanidine groups is 1. The molecule has 0 aromatic rings. The Morgan fingerprint density at radius 1 is 1.62 bits per heavy atom. The van der Waals surface area contributed by atoms with Crippen LogP contribution < -0.4 is 10.6 Å². The van der Waals surface area contributed by atoms with Crippen LogP contribution in [-0.2, 0) is 0 Å². The molecule has 0 bridgehead atoms. The predicted octanol–water partition coefficient (Wildman–Crippen LogP) is 0.823. The van der Waals surface area contributed by atoms with Crippen LogP contribution in [0, 0.1) is 0 Å². The fraction of sp³-hybridized carbons (Fsp3) is 0.700. The van der Waals surface area contributed by atoms with Gasteiger partial charge in [-0.3, -0.25) is 4.99 Å². The molecule has 94 valence electrons. The Labute approximate surface area is 118 Å². The summed E-state index contributed by atoms with van der Waals surface area (Å²) in [5, 5.41) is 16.3. The number of rotatable bonds is 4. The van der Waals surface area contributed by atoms with Gasteiger partial charge in [0.15, 0.2) is 5.96 Å². The van der Waals surface area contributed by atoms with Gasteiger partial charge in [-0.1, -0.05) is 6.08 Å². The summed E-state index contributed by atoms with van der Waals surface area (Å²) in [5.74, 6) is 2.55. The first kappa shape index (κ1) is 16.1. The number of hydrogen-bond acceptors (Lipinski definition) is 3. The van der Waals surface area contributed by atoms with Gasteiger partial charge in [-0.2, -0.15) is 11.8 Å². The van der Waals surface area contributed by atoms with E-state index in [0.29, 0.717) is 19.0 Å². The Balaban J connectivity index is 0.00000225. The standard InChI is InChI=1S/C10H19N3OS.HI/c1-3-5-12-9(11-2)13-7-10(14)4-6-15-8-10;/h3,14H,1,4-8H2,2H3,(H2,11,12,13);1H. The first-order valence-electron chi connectivity index (χ1n) is 5.06. The Morgan fingerprint density at radius 2 is 2.38 bits per heavy atom. The van der Waals surface area contributed by atoms with Crippen molar-refractivity contribution in [3.63, 3.8) is 0 Å². The number of thioether (sulfide) groups is 1. The summed E-state index contributed by atoms with van der Waals surface area (Å²) in [5.41, 5.74) is -0.573. The lowest BCUT2D eigenvalue weighted by Crippen LogP contribution is -2.47. The van der Waals surface area contributed by atoms with E-state index in [9.17, 15) is 5.11 Å². The van der Waals surface area contributed by atoms with Gasteiger partial charge in [0.25, 0.3) is 0 Å². The first-order valence-corrected chi connectivity index (χ1v) is 6.21. The largest absolute Gasteiger partial charge is 0.387 e. The molecule has 4 nitrogen and oxygen atoms in total. The number of nitrogens with zero attached hydrogens (tertiary/aromatic N) is 1. The van der Waals surface area contributed by atoms with Crippen LogP contribution in [0.3, 0.4) is 0 Å². The topological polar surface area (TPSA) is 56.7 Å². The van der Waals surface area contributed by atoms with Crippen LogP contribution in [0.4, 0.5) is 0 Å². The van der Waals surface area contributed by atoms with Gasteiger partial charge in [-0.05, 0) is 12.2 Å². The van der Waals surface area contributed by atoms with Crippen molar-refractivity contribution < 1.29 is 5.11 Å². The normalized spacial score (nSPS) is 24.8. The van der Waals surface area contributed by atoms with E-state index in [2.05, 4.69) is 22.2 Å². The van der Waals surface area contributed by atoms with Crippen molar-refractivity contribution in [2.24, 2.45) is 4.99 Å². The number of hydrogen-bond donors (Lipinski definition) is 3. The zero-order chi connectivity index (χ0) is 11.1. The van der Waals surface area contributed by atoms with Gasteiger partial charge in [0, 0.05) is 25.9 Å². The van der Waals surface area contributed by atoms with Gasteiger partial charge in [0.2, 0.25) is 0 Å². The minimum Gasteiger partial charge on any atom is -0.387 e. The number of aliphatic imine (C=N–C) groups is 1. The fourth-order valence-corrected chi connectivity index (χ4v) is 2.67. The molecule has 1 saturated heterocycles. The molecule has 0 aromatic heterocycles. The summed E-state index contributed by atoms with van der Waals surface area (Å²) >= 11 is 1.79. The van der Waals surface area contributed by atoms with E-state index in [1.165, 1.54) is 0 Å². The molecule has 0 aromatic carbocycles. The summed E-state index contributed by atoms with van der Waals surface area (Å²) in [6.07, 6.45) is 2.62. The lowest BCUT2D eigenvalue weighted by molar-refractivity contribution is 0.0724. The average Bonchev–Trinajstić information content (AvgIpc) is 2.66. The Bertz CT molecular complexity index is 242. The molecule has 1 fully saturated rings. The first-order chi connectivity index (χ1) is 7.20. The van der Waals surface area contributed by atoms with Crippen LogP contribution in [0.2, 0.25) is 0 Å². The van der Waals surface area contributed by atoms with E-state index in [-0.39, 0.29) is 24.0 Å². The van der Waals surface area contributed by atoms with Crippen LogP contribution in [0.25, 0.3) is 0 Å². The minimum atomic E-state index is -0.573. The average molecular weight is 357 g/mol. The van der Waals surface area contributed by atoms with Crippen molar-refractivity contribution in [1.82, 2.24) is 10.6 Å². The molecule has 3 N–H and O–H groups in total. The maximum absolute atomic E-state index is 10.1. The maximum Gasteiger partial charge on any atom is 0.191 e. The molecule has 0 radical (unpaired) electrons. The van der Waals surface area contributed by atoms with Crippen molar-refractivity contribution >= 4 is 41.7 Å². The fourth-order valence-electron chi connectivity index (χ4n) is 1.37. The molecule has 1 heterocycles. The monoisotopic (exact) mass is 357 g/mol. The number of nitrogens with one attached hydrogen (secondary N) is 2. The zero-order valence-corrected chi connectivity index (χ0v) is 12.7. The van der Waals surface area contributed by atoms with Crippen molar-refractivity contribution in [2.45, 2.75) is 12.0 Å². The van der Waals surface area contributed by atoms with Crippen molar-refractivity contribution in [2.75, 3.05) is 31.6 Å². The molecule has 1 aliphatic heterocycles. The second kappa shape index (κ2) is 8.19. The van der Waals surface area contributed by atoms with Gasteiger partial charge in [-0.15, -0.1) is 30.6 Å². The van der Waals surface area contributed by atoms with Crippen LogP contribution >= 0.6 is 35.7 Å². The number of halogens is 1. The molecule has 0 amide bonds. The summed E-state index contributed by atoms with van der Waals surface area (Å²) in [4.78, 5) is 4.05. The van der Waals surface area contributed by atoms with Crippen molar-refractivity contribution in [3.8, 4) is 0 Å². The third-order valence-corrected chi connectivity index (χ3v) is 3.54. The van der Waals surface area contributed by atoms with Crippen LogP contribution in [-0.4, -0.2) is 48.3 Å². The molecule has 0 aliphatic carbocycles. The molecule has 0 saturated carbocycles. The molecular weight excluding hydrogens is 337 g/mol. The maximum atomic E-state index is 10.1. The van der Waals surface area contributed by atoms with E-state index in [1.807, 2.05) is 0 Å². The molecule has 0 spiro atoms. The highest BCUT2D eigenvalue weighted by Crippen LogP contribution is 2.26. The third kappa shape index (κ3) is 5.40. The van der Waals surface area contributed by atoms with Gasteiger partial charge in [0.1, 0.15) is 0 Å². The number of aliphatic hydroxyl groups is 1. The molecule has 6 heteroatoms. The zero-order valence-electron chi connectivity index (χ0n) is 9.53. The second-order valence-corrected chi connectivity index (χ2v) is 4.73. The van der Waals surface area contributed by atoms with Gasteiger partial charge in [0.05, 0.1) is 5.60 Å². The Kier molecular flexibility index (Phi) is 8.21. The highest BCUT2D eigenvalue weighted by atomic mass is 127. The molecular formula is C10H20IN3OS. The lowest BCUT2D eigenvalue weighted by Gasteiger charge is -2.22. The van der Waals surface area contributed by atoms with E-state index < -0.39 is 5.60 Å². The van der Waals surface area contributed by atoms with E-state index >= 15 is 0 Å². The van der Waals surface area contributed by atoms with Gasteiger partial charge < -0.3 is 15.7 Å².